The fourth-order valence-corrected chi connectivity index (χ4v) is 4.06. The minimum atomic E-state index is -0.184. The molecule has 0 spiro atoms. The fourth-order valence-electron chi connectivity index (χ4n) is 3.71. The Bertz CT molecular complexity index is 464. The van der Waals surface area contributed by atoms with Crippen molar-refractivity contribution >= 4 is 17.6 Å². The van der Waals surface area contributed by atoms with Crippen LogP contribution in [0.3, 0.4) is 0 Å². The Morgan fingerprint density at radius 1 is 1.35 bits per heavy atom. The van der Waals surface area contributed by atoms with E-state index in [4.69, 9.17) is 5.14 Å². The van der Waals surface area contributed by atoms with Gasteiger partial charge >= 0.3 is 0 Å². The Hall–Kier alpha value is -0.710. The summed E-state index contributed by atoms with van der Waals surface area (Å²) in [4.78, 5) is 1.06. The number of nitrogens with two attached hydrogens (primary N) is 1. The van der Waals surface area contributed by atoms with Gasteiger partial charge in [-0.1, -0.05) is 26.8 Å². The summed E-state index contributed by atoms with van der Waals surface area (Å²) in [6.07, 6.45) is 2.72. The second-order valence-electron chi connectivity index (χ2n) is 7.21. The zero-order valence-corrected chi connectivity index (χ0v) is 13.5. The third-order valence-corrected chi connectivity index (χ3v) is 4.64. The van der Waals surface area contributed by atoms with Crippen LogP contribution in [0.5, 0.6) is 0 Å². The van der Waals surface area contributed by atoms with E-state index in [1.807, 2.05) is 12.1 Å². The van der Waals surface area contributed by atoms with Crippen LogP contribution >= 0.6 is 11.9 Å². The van der Waals surface area contributed by atoms with Crippen molar-refractivity contribution < 1.29 is 5.11 Å². The lowest BCUT2D eigenvalue weighted by Crippen LogP contribution is -2.42. The lowest BCUT2D eigenvalue weighted by molar-refractivity contribution is -0.00317. The first kappa shape index (κ1) is 15.7. The Kier molecular flexibility index (Phi) is 4.67. The largest absolute Gasteiger partial charge is 0.393 e. The van der Waals surface area contributed by atoms with E-state index in [-0.39, 0.29) is 16.9 Å². The monoisotopic (exact) mass is 294 g/mol. The molecule has 0 aliphatic heterocycles. The molecule has 1 aliphatic rings. The number of nitrogens with one attached hydrogen (secondary N) is 1. The Morgan fingerprint density at radius 3 is 2.75 bits per heavy atom. The Labute approximate surface area is 126 Å². The number of anilines is 1. The summed E-state index contributed by atoms with van der Waals surface area (Å²) in [6, 6.07) is 8.15. The molecule has 0 heterocycles. The molecule has 2 atom stereocenters. The maximum Gasteiger partial charge on any atom is 0.0551 e. The van der Waals surface area contributed by atoms with Crippen molar-refractivity contribution in [2.45, 2.75) is 51.0 Å². The van der Waals surface area contributed by atoms with Crippen molar-refractivity contribution in [3.63, 3.8) is 0 Å². The standard InChI is InChI=1S/C16H26N2OS/c1-15(2)8-13(19)9-16(3,10-15)11-18-12-5-4-6-14(7-12)20-17/h4-7,13,18-19H,8-11,17H2,1-3H3. The van der Waals surface area contributed by atoms with Gasteiger partial charge in [-0.15, -0.1) is 0 Å². The fraction of sp³-hybridized carbons (Fsp3) is 0.625. The highest BCUT2D eigenvalue weighted by atomic mass is 32.2. The number of rotatable bonds is 4. The predicted molar refractivity (Wildman–Crippen MR) is 86.7 cm³/mol. The van der Waals surface area contributed by atoms with Crippen LogP contribution < -0.4 is 10.5 Å². The van der Waals surface area contributed by atoms with Crippen LogP contribution in [0.15, 0.2) is 29.2 Å². The summed E-state index contributed by atoms with van der Waals surface area (Å²) in [5, 5.41) is 19.2. The molecule has 1 aromatic rings. The van der Waals surface area contributed by atoms with Gasteiger partial charge in [0.15, 0.2) is 0 Å². The Balaban J connectivity index is 2.01. The van der Waals surface area contributed by atoms with Crippen molar-refractivity contribution in [1.29, 1.82) is 0 Å². The second-order valence-corrected chi connectivity index (χ2v) is 7.92. The van der Waals surface area contributed by atoms with E-state index >= 15 is 0 Å². The van der Waals surface area contributed by atoms with Gasteiger partial charge in [0.05, 0.1) is 6.10 Å². The number of hydrogen-bond acceptors (Lipinski definition) is 4. The molecule has 1 saturated carbocycles. The van der Waals surface area contributed by atoms with E-state index in [0.29, 0.717) is 0 Å². The summed E-state index contributed by atoms with van der Waals surface area (Å²) >= 11 is 1.26. The van der Waals surface area contributed by atoms with Gasteiger partial charge in [-0.25, -0.2) is 0 Å². The van der Waals surface area contributed by atoms with Gasteiger partial charge in [-0.3, -0.25) is 5.14 Å². The van der Waals surface area contributed by atoms with Crippen molar-refractivity contribution in [2.24, 2.45) is 16.0 Å². The van der Waals surface area contributed by atoms with Crippen molar-refractivity contribution in [3.8, 4) is 0 Å². The quantitative estimate of drug-likeness (QED) is 0.742. The molecule has 4 N–H and O–H groups in total. The highest BCUT2D eigenvalue weighted by Crippen LogP contribution is 2.46. The van der Waals surface area contributed by atoms with Gasteiger partial charge in [-0.05, 0) is 60.2 Å². The van der Waals surface area contributed by atoms with Crippen molar-refractivity contribution in [3.05, 3.63) is 24.3 Å². The van der Waals surface area contributed by atoms with Crippen molar-refractivity contribution in [2.75, 3.05) is 11.9 Å². The highest BCUT2D eigenvalue weighted by Gasteiger charge is 2.40. The molecule has 1 aromatic carbocycles. The molecule has 0 radical (unpaired) electrons. The molecule has 1 fully saturated rings. The normalized spacial score (nSPS) is 29.1. The molecule has 2 unspecified atom stereocenters. The topological polar surface area (TPSA) is 58.3 Å². The van der Waals surface area contributed by atoms with E-state index < -0.39 is 0 Å². The molecular weight excluding hydrogens is 268 g/mol. The zero-order valence-electron chi connectivity index (χ0n) is 12.6. The molecule has 3 nitrogen and oxygen atoms in total. The van der Waals surface area contributed by atoms with Gasteiger partial charge in [0.2, 0.25) is 0 Å². The SMILES string of the molecule is CC1(C)CC(O)CC(C)(CNc2cccc(SN)c2)C1. The molecule has 0 bridgehead atoms. The number of aliphatic hydroxyl groups is 1. The predicted octanol–water partition coefficient (Wildman–Crippen LogP) is 3.64. The summed E-state index contributed by atoms with van der Waals surface area (Å²) < 4.78 is 0. The van der Waals surface area contributed by atoms with Crippen LogP contribution in [-0.2, 0) is 0 Å². The van der Waals surface area contributed by atoms with E-state index in [2.05, 4.69) is 38.2 Å². The highest BCUT2D eigenvalue weighted by molar-refractivity contribution is 7.97. The van der Waals surface area contributed by atoms with Gasteiger partial charge in [0.25, 0.3) is 0 Å². The van der Waals surface area contributed by atoms with Crippen LogP contribution in [-0.4, -0.2) is 17.8 Å². The van der Waals surface area contributed by atoms with Crippen LogP contribution in [0, 0.1) is 10.8 Å². The average Bonchev–Trinajstić information content (AvgIpc) is 2.34. The molecule has 0 amide bonds. The zero-order chi connectivity index (χ0) is 14.8. The molecular formula is C16H26N2OS. The van der Waals surface area contributed by atoms with Crippen LogP contribution in [0.25, 0.3) is 0 Å². The van der Waals surface area contributed by atoms with Crippen molar-refractivity contribution in [1.82, 2.24) is 0 Å². The summed E-state index contributed by atoms with van der Waals surface area (Å²) in [5.74, 6) is 0. The molecule has 1 aliphatic carbocycles. The molecule has 0 aromatic heterocycles. The number of hydrogen-bond donors (Lipinski definition) is 3. The number of benzene rings is 1. The third kappa shape index (κ3) is 4.14. The number of aliphatic hydroxyl groups excluding tert-OH is 1. The maximum atomic E-state index is 10.1. The lowest BCUT2D eigenvalue weighted by Gasteiger charge is -2.45. The first-order chi connectivity index (χ1) is 9.32. The molecule has 0 saturated heterocycles. The molecule has 4 heteroatoms. The van der Waals surface area contributed by atoms with E-state index in [1.54, 1.807) is 0 Å². The van der Waals surface area contributed by atoms with Crippen LogP contribution in [0.1, 0.15) is 40.0 Å². The maximum absolute atomic E-state index is 10.1. The van der Waals surface area contributed by atoms with E-state index in [0.717, 1.165) is 36.4 Å². The minimum Gasteiger partial charge on any atom is -0.393 e. The van der Waals surface area contributed by atoms with E-state index in [9.17, 15) is 5.11 Å². The third-order valence-electron chi connectivity index (χ3n) is 4.11. The van der Waals surface area contributed by atoms with Crippen LogP contribution in [0.4, 0.5) is 5.69 Å². The van der Waals surface area contributed by atoms with Gasteiger partial charge in [0.1, 0.15) is 0 Å². The molecule has 112 valence electrons. The first-order valence-corrected chi connectivity index (χ1v) is 8.09. The van der Waals surface area contributed by atoms with Gasteiger partial charge < -0.3 is 10.4 Å². The average molecular weight is 294 g/mol. The summed E-state index contributed by atoms with van der Waals surface area (Å²) in [5.41, 5.74) is 1.44. The minimum absolute atomic E-state index is 0.132. The first-order valence-electron chi connectivity index (χ1n) is 7.21. The lowest BCUT2D eigenvalue weighted by atomic mass is 9.63. The van der Waals surface area contributed by atoms with E-state index in [1.165, 1.54) is 11.9 Å². The molecule has 20 heavy (non-hydrogen) atoms. The van der Waals surface area contributed by atoms with Gasteiger partial charge in [0, 0.05) is 17.1 Å². The summed E-state index contributed by atoms with van der Waals surface area (Å²) in [7, 11) is 0. The smallest absolute Gasteiger partial charge is 0.0551 e. The molecule has 2 rings (SSSR count). The van der Waals surface area contributed by atoms with Gasteiger partial charge in [-0.2, -0.15) is 0 Å². The van der Waals surface area contributed by atoms with Crippen LogP contribution in [0.2, 0.25) is 0 Å². The Morgan fingerprint density at radius 2 is 2.10 bits per heavy atom. The second kappa shape index (κ2) is 5.96. The summed E-state index contributed by atoms with van der Waals surface area (Å²) in [6.45, 7) is 7.65.